The molecule has 3 N–H and O–H groups in total. The second-order valence-corrected chi connectivity index (χ2v) is 3.99. The molecular weight excluding hydrogens is 264 g/mol. The van der Waals surface area contributed by atoms with Crippen LogP contribution in [0.25, 0.3) is 0 Å². The van der Waals surface area contributed by atoms with Gasteiger partial charge in [-0.05, 0) is 6.07 Å². The number of para-hydroxylation sites is 1. The van der Waals surface area contributed by atoms with E-state index in [9.17, 15) is 9.59 Å². The van der Waals surface area contributed by atoms with Gasteiger partial charge in [-0.2, -0.15) is 0 Å². The molecule has 1 aromatic carbocycles. The van der Waals surface area contributed by atoms with Crippen molar-refractivity contribution in [3.05, 3.63) is 29.8 Å². The smallest absolute Gasteiger partial charge is 0.328 e. The van der Waals surface area contributed by atoms with Crippen molar-refractivity contribution in [3.63, 3.8) is 0 Å². The van der Waals surface area contributed by atoms with Gasteiger partial charge in [-0.25, -0.2) is 9.59 Å². The average Bonchev–Trinajstić information content (AvgIpc) is 2.44. The largest absolute Gasteiger partial charge is 0.496 e. The third kappa shape index (κ3) is 4.77. The maximum atomic E-state index is 11.6. The van der Waals surface area contributed by atoms with Crippen LogP contribution in [0.5, 0.6) is 5.75 Å². The third-order valence-electron chi connectivity index (χ3n) is 2.57. The van der Waals surface area contributed by atoms with Crippen molar-refractivity contribution in [2.24, 2.45) is 0 Å². The van der Waals surface area contributed by atoms with E-state index in [4.69, 9.17) is 14.6 Å². The lowest BCUT2D eigenvalue weighted by molar-refractivity contribution is -0.140. The summed E-state index contributed by atoms with van der Waals surface area (Å²) in [6.45, 7) is 0.132. The van der Waals surface area contributed by atoms with Gasteiger partial charge < -0.3 is 25.2 Å². The number of ether oxygens (including phenoxy) is 2. The van der Waals surface area contributed by atoms with E-state index < -0.39 is 18.0 Å². The summed E-state index contributed by atoms with van der Waals surface area (Å²) in [5.74, 6) is -0.501. The molecule has 2 amide bonds. The lowest BCUT2D eigenvalue weighted by Gasteiger charge is -2.15. The van der Waals surface area contributed by atoms with E-state index >= 15 is 0 Å². The van der Waals surface area contributed by atoms with Gasteiger partial charge in [0.05, 0.1) is 13.7 Å². The SMILES string of the molecule is COCC(NC(=O)NCc1ccccc1OC)C(=O)O. The first-order valence-corrected chi connectivity index (χ1v) is 5.96. The van der Waals surface area contributed by atoms with Crippen LogP contribution in [0.3, 0.4) is 0 Å². The van der Waals surface area contributed by atoms with Crippen LogP contribution in [0, 0.1) is 0 Å². The predicted molar refractivity (Wildman–Crippen MR) is 71.7 cm³/mol. The van der Waals surface area contributed by atoms with E-state index in [1.54, 1.807) is 6.07 Å². The first kappa shape index (κ1) is 15.8. The summed E-state index contributed by atoms with van der Waals surface area (Å²) < 4.78 is 9.87. The van der Waals surface area contributed by atoms with Gasteiger partial charge in [0.2, 0.25) is 0 Å². The summed E-state index contributed by atoms with van der Waals surface area (Å²) in [7, 11) is 2.91. The summed E-state index contributed by atoms with van der Waals surface area (Å²) in [6.07, 6.45) is 0. The van der Waals surface area contributed by atoms with E-state index in [0.717, 1.165) is 5.56 Å². The fourth-order valence-electron chi connectivity index (χ4n) is 1.58. The number of aliphatic carboxylic acids is 1. The van der Waals surface area contributed by atoms with E-state index in [1.165, 1.54) is 14.2 Å². The van der Waals surface area contributed by atoms with E-state index in [1.807, 2.05) is 18.2 Å². The van der Waals surface area contributed by atoms with Crippen LogP contribution in [0.2, 0.25) is 0 Å². The number of carbonyl (C=O) groups excluding carboxylic acids is 1. The van der Waals surface area contributed by atoms with Crippen LogP contribution in [-0.4, -0.2) is 44.0 Å². The van der Waals surface area contributed by atoms with Crippen molar-refractivity contribution in [1.82, 2.24) is 10.6 Å². The Bertz CT molecular complexity index is 464. The highest BCUT2D eigenvalue weighted by Crippen LogP contribution is 2.16. The predicted octanol–water partition coefficient (Wildman–Crippen LogP) is 0.594. The Morgan fingerprint density at radius 1 is 1.30 bits per heavy atom. The van der Waals surface area contributed by atoms with Crippen molar-refractivity contribution < 1.29 is 24.2 Å². The molecule has 0 spiro atoms. The minimum absolute atomic E-state index is 0.0998. The van der Waals surface area contributed by atoms with Crippen LogP contribution in [-0.2, 0) is 16.1 Å². The van der Waals surface area contributed by atoms with Crippen LogP contribution in [0.15, 0.2) is 24.3 Å². The third-order valence-corrected chi connectivity index (χ3v) is 2.57. The molecule has 0 saturated carbocycles. The van der Waals surface area contributed by atoms with Gasteiger partial charge in [-0.3, -0.25) is 0 Å². The van der Waals surface area contributed by atoms with Crippen LogP contribution < -0.4 is 15.4 Å². The molecule has 1 aromatic rings. The van der Waals surface area contributed by atoms with Crippen LogP contribution in [0.4, 0.5) is 4.79 Å². The van der Waals surface area contributed by atoms with Gasteiger partial charge in [0, 0.05) is 19.2 Å². The fourth-order valence-corrected chi connectivity index (χ4v) is 1.58. The summed E-state index contributed by atoms with van der Waals surface area (Å²) in [5, 5.41) is 13.8. The number of carboxylic acids is 1. The quantitative estimate of drug-likeness (QED) is 0.680. The van der Waals surface area contributed by atoms with Gasteiger partial charge in [0.15, 0.2) is 6.04 Å². The summed E-state index contributed by atoms with van der Waals surface area (Å²) >= 11 is 0. The Balaban J connectivity index is 2.52. The first-order chi connectivity index (χ1) is 9.58. The summed E-state index contributed by atoms with van der Waals surface area (Å²) in [4.78, 5) is 22.5. The highest BCUT2D eigenvalue weighted by molar-refractivity contribution is 5.82. The number of carboxylic acid groups (broad SMARTS) is 1. The zero-order valence-corrected chi connectivity index (χ0v) is 11.4. The number of benzene rings is 1. The normalized spacial score (nSPS) is 11.5. The summed E-state index contributed by atoms with van der Waals surface area (Å²) in [6, 6.07) is 5.56. The van der Waals surface area contributed by atoms with Gasteiger partial charge in [0.1, 0.15) is 5.75 Å². The van der Waals surface area contributed by atoms with E-state index in [0.29, 0.717) is 5.75 Å². The molecule has 110 valence electrons. The number of rotatable bonds is 7. The molecule has 20 heavy (non-hydrogen) atoms. The van der Waals surface area contributed by atoms with Gasteiger partial charge in [-0.1, -0.05) is 18.2 Å². The fraction of sp³-hybridized carbons (Fsp3) is 0.385. The number of urea groups is 1. The minimum Gasteiger partial charge on any atom is -0.496 e. The van der Waals surface area contributed by atoms with E-state index in [-0.39, 0.29) is 13.2 Å². The van der Waals surface area contributed by atoms with Gasteiger partial charge in [-0.15, -0.1) is 0 Å². The van der Waals surface area contributed by atoms with Gasteiger partial charge >= 0.3 is 12.0 Å². The van der Waals surface area contributed by atoms with Crippen molar-refractivity contribution in [2.45, 2.75) is 12.6 Å². The Labute approximate surface area is 116 Å². The highest BCUT2D eigenvalue weighted by Gasteiger charge is 2.19. The molecule has 7 nitrogen and oxygen atoms in total. The van der Waals surface area contributed by atoms with Gasteiger partial charge in [0.25, 0.3) is 0 Å². The maximum absolute atomic E-state index is 11.6. The molecule has 0 radical (unpaired) electrons. The first-order valence-electron chi connectivity index (χ1n) is 5.96. The Kier molecular flexibility index (Phi) is 6.31. The maximum Gasteiger partial charge on any atom is 0.328 e. The second kappa shape index (κ2) is 8.00. The molecule has 0 aliphatic carbocycles. The zero-order chi connectivity index (χ0) is 15.0. The molecular formula is C13H18N2O5. The molecule has 0 fully saturated rings. The Morgan fingerprint density at radius 2 is 2.00 bits per heavy atom. The molecule has 0 saturated heterocycles. The van der Waals surface area contributed by atoms with Crippen molar-refractivity contribution >= 4 is 12.0 Å². The standard InChI is InChI=1S/C13H18N2O5/c1-19-8-10(12(16)17)15-13(18)14-7-9-5-3-4-6-11(9)20-2/h3-6,10H,7-8H2,1-2H3,(H,16,17)(H2,14,15,18). The number of carbonyl (C=O) groups is 2. The number of hydrogen-bond donors (Lipinski definition) is 3. The monoisotopic (exact) mass is 282 g/mol. The second-order valence-electron chi connectivity index (χ2n) is 3.99. The molecule has 0 aliphatic heterocycles. The number of nitrogens with one attached hydrogen (secondary N) is 2. The molecule has 0 bridgehead atoms. The van der Waals surface area contributed by atoms with Crippen molar-refractivity contribution in [1.29, 1.82) is 0 Å². The van der Waals surface area contributed by atoms with Crippen LogP contribution in [0.1, 0.15) is 5.56 Å². The average molecular weight is 282 g/mol. The molecule has 0 aliphatic rings. The lowest BCUT2D eigenvalue weighted by atomic mass is 10.2. The Hall–Kier alpha value is -2.28. The molecule has 0 aromatic heterocycles. The molecule has 1 atom stereocenters. The lowest BCUT2D eigenvalue weighted by Crippen LogP contribution is -2.48. The molecule has 1 unspecified atom stereocenters. The molecule has 0 heterocycles. The Morgan fingerprint density at radius 3 is 2.60 bits per heavy atom. The highest BCUT2D eigenvalue weighted by atomic mass is 16.5. The van der Waals surface area contributed by atoms with E-state index in [2.05, 4.69) is 10.6 Å². The molecule has 1 rings (SSSR count). The van der Waals surface area contributed by atoms with Crippen molar-refractivity contribution in [3.8, 4) is 5.75 Å². The summed E-state index contributed by atoms with van der Waals surface area (Å²) in [5.41, 5.74) is 0.795. The number of methoxy groups -OCH3 is 2. The number of hydrogen-bond acceptors (Lipinski definition) is 4. The minimum atomic E-state index is -1.15. The molecule has 7 heteroatoms. The van der Waals surface area contributed by atoms with Crippen LogP contribution >= 0.6 is 0 Å². The number of amides is 2. The zero-order valence-electron chi connectivity index (χ0n) is 11.4. The van der Waals surface area contributed by atoms with Crippen molar-refractivity contribution in [2.75, 3.05) is 20.8 Å². The topological polar surface area (TPSA) is 96.9 Å².